The van der Waals surface area contributed by atoms with Gasteiger partial charge in [0.05, 0.1) is 6.26 Å². The van der Waals surface area contributed by atoms with Crippen molar-refractivity contribution >= 4 is 34.3 Å². The van der Waals surface area contributed by atoms with Crippen molar-refractivity contribution in [1.82, 2.24) is 15.2 Å². The van der Waals surface area contributed by atoms with Crippen molar-refractivity contribution < 1.29 is 18.8 Å². The number of carbonyl (C=O) groups is 3. The molecule has 2 aromatic heterocycles. The van der Waals surface area contributed by atoms with E-state index in [1.165, 1.54) is 17.6 Å². The maximum Gasteiger partial charge on any atom is 0.325 e. The first kappa shape index (κ1) is 17.2. The molecule has 2 aromatic rings. The van der Waals surface area contributed by atoms with Crippen molar-refractivity contribution in [1.29, 1.82) is 0 Å². The summed E-state index contributed by atoms with van der Waals surface area (Å²) in [6.45, 7) is 3.85. The van der Waals surface area contributed by atoms with Gasteiger partial charge in [-0.1, -0.05) is 13.8 Å². The number of nitrogens with one attached hydrogen (secondary N) is 2. The quantitative estimate of drug-likeness (QED) is 0.768. The van der Waals surface area contributed by atoms with Gasteiger partial charge in [0.2, 0.25) is 5.91 Å². The topological polar surface area (TPSA) is 105 Å². The molecule has 0 aliphatic carbocycles. The first-order chi connectivity index (χ1) is 12.0. The van der Waals surface area contributed by atoms with Gasteiger partial charge in [-0.05, 0) is 24.5 Å². The lowest BCUT2D eigenvalue weighted by atomic mass is 10.0. The first-order valence-electron chi connectivity index (χ1n) is 7.84. The molecule has 0 spiro atoms. The third-order valence-electron chi connectivity index (χ3n) is 3.77. The number of carbonyl (C=O) groups excluding carboxylic acids is 3. The highest BCUT2D eigenvalue weighted by molar-refractivity contribution is 7.13. The number of urea groups is 1. The van der Waals surface area contributed by atoms with E-state index in [4.69, 9.17) is 4.42 Å². The smallest absolute Gasteiger partial charge is 0.325 e. The summed E-state index contributed by atoms with van der Waals surface area (Å²) >= 11 is 1.27. The average Bonchev–Trinajstić information content (AvgIpc) is 3.28. The number of nitrogens with zero attached hydrogens (tertiary/aromatic N) is 2. The molecule has 4 amide bonds. The van der Waals surface area contributed by atoms with Gasteiger partial charge in [-0.25, -0.2) is 14.7 Å². The highest BCUT2D eigenvalue weighted by atomic mass is 32.1. The Kier molecular flexibility index (Phi) is 4.84. The van der Waals surface area contributed by atoms with Crippen LogP contribution in [0.4, 0.5) is 9.93 Å². The van der Waals surface area contributed by atoms with Gasteiger partial charge in [0, 0.05) is 11.6 Å². The second-order valence-electron chi connectivity index (χ2n) is 6.08. The standard InChI is InChI=1S/C16H18N4O4S/c1-9(2)8-10(13(21)19-15-17-5-7-25-15)20-14(22)12(18-16(20)23)11-4-3-6-24-11/h3-7,9-10,12H,8H2,1-2H3,(H,18,23)(H,17,19,21)/t10-,12?/m0/s1. The Morgan fingerprint density at radius 1 is 1.48 bits per heavy atom. The molecule has 132 valence electrons. The molecule has 1 saturated heterocycles. The molecule has 3 heterocycles. The Morgan fingerprint density at radius 3 is 2.88 bits per heavy atom. The maximum atomic E-state index is 12.7. The van der Waals surface area contributed by atoms with E-state index in [2.05, 4.69) is 15.6 Å². The third kappa shape index (κ3) is 3.55. The van der Waals surface area contributed by atoms with Crippen LogP contribution in [-0.2, 0) is 9.59 Å². The van der Waals surface area contributed by atoms with Gasteiger partial charge in [-0.2, -0.15) is 0 Å². The lowest BCUT2D eigenvalue weighted by molar-refractivity contribution is -0.134. The molecule has 0 bridgehead atoms. The molecule has 0 saturated carbocycles. The number of aromatic nitrogens is 1. The molecular weight excluding hydrogens is 344 g/mol. The first-order valence-corrected chi connectivity index (χ1v) is 8.72. The summed E-state index contributed by atoms with van der Waals surface area (Å²) < 4.78 is 5.22. The molecule has 1 unspecified atom stereocenters. The summed E-state index contributed by atoms with van der Waals surface area (Å²) in [6, 6.07) is 0.810. The fourth-order valence-electron chi connectivity index (χ4n) is 2.69. The number of anilines is 1. The predicted molar refractivity (Wildman–Crippen MR) is 90.8 cm³/mol. The zero-order valence-corrected chi connectivity index (χ0v) is 14.6. The van der Waals surface area contributed by atoms with Crippen LogP contribution in [0.2, 0.25) is 0 Å². The van der Waals surface area contributed by atoms with E-state index < -0.39 is 29.9 Å². The SMILES string of the molecule is CC(C)C[C@@H](C(=O)Nc1nccs1)N1C(=O)NC(c2ccco2)C1=O. The minimum absolute atomic E-state index is 0.107. The molecule has 1 fully saturated rings. The van der Waals surface area contributed by atoms with Gasteiger partial charge < -0.3 is 15.1 Å². The van der Waals surface area contributed by atoms with Crippen molar-refractivity contribution in [2.75, 3.05) is 5.32 Å². The van der Waals surface area contributed by atoms with E-state index >= 15 is 0 Å². The van der Waals surface area contributed by atoms with Crippen molar-refractivity contribution in [3.63, 3.8) is 0 Å². The van der Waals surface area contributed by atoms with Gasteiger partial charge in [0.1, 0.15) is 11.8 Å². The predicted octanol–water partition coefficient (Wildman–Crippen LogP) is 2.38. The van der Waals surface area contributed by atoms with E-state index in [1.807, 2.05) is 13.8 Å². The number of furan rings is 1. The Bertz CT molecular complexity index is 757. The van der Waals surface area contributed by atoms with Crippen LogP contribution in [-0.4, -0.2) is 33.8 Å². The van der Waals surface area contributed by atoms with E-state index in [-0.39, 0.29) is 5.92 Å². The molecule has 2 atom stereocenters. The zero-order valence-electron chi connectivity index (χ0n) is 13.8. The highest BCUT2D eigenvalue weighted by Gasteiger charge is 2.46. The summed E-state index contributed by atoms with van der Waals surface area (Å²) in [5.74, 6) is -0.494. The number of hydrogen-bond donors (Lipinski definition) is 2. The second-order valence-corrected chi connectivity index (χ2v) is 6.97. The Hall–Kier alpha value is -2.68. The molecule has 1 aliphatic heterocycles. The molecular formula is C16H18N4O4S. The van der Waals surface area contributed by atoms with Crippen molar-refractivity contribution in [2.24, 2.45) is 5.92 Å². The van der Waals surface area contributed by atoms with Gasteiger partial charge >= 0.3 is 6.03 Å². The van der Waals surface area contributed by atoms with Gasteiger partial charge in [0.25, 0.3) is 5.91 Å². The van der Waals surface area contributed by atoms with Crippen LogP contribution in [0.15, 0.2) is 34.4 Å². The number of hydrogen-bond acceptors (Lipinski definition) is 6. The normalized spacial score (nSPS) is 18.5. The average molecular weight is 362 g/mol. The molecule has 0 radical (unpaired) electrons. The van der Waals surface area contributed by atoms with Crippen LogP contribution in [0.3, 0.4) is 0 Å². The molecule has 25 heavy (non-hydrogen) atoms. The van der Waals surface area contributed by atoms with Crippen molar-refractivity contribution in [3.05, 3.63) is 35.7 Å². The summed E-state index contributed by atoms with van der Waals surface area (Å²) in [5, 5.41) is 7.39. The number of imide groups is 1. The molecule has 8 nitrogen and oxygen atoms in total. The van der Waals surface area contributed by atoms with Crippen LogP contribution in [0.1, 0.15) is 32.1 Å². The zero-order chi connectivity index (χ0) is 18.0. The minimum atomic E-state index is -0.920. The van der Waals surface area contributed by atoms with E-state index in [9.17, 15) is 14.4 Å². The fourth-order valence-corrected chi connectivity index (χ4v) is 3.22. The highest BCUT2D eigenvalue weighted by Crippen LogP contribution is 2.27. The third-order valence-corrected chi connectivity index (χ3v) is 4.46. The van der Waals surface area contributed by atoms with Gasteiger partial charge in [-0.3, -0.25) is 9.59 Å². The lowest BCUT2D eigenvalue weighted by Crippen LogP contribution is -2.48. The van der Waals surface area contributed by atoms with Crippen LogP contribution < -0.4 is 10.6 Å². The van der Waals surface area contributed by atoms with Crippen molar-refractivity contribution in [3.8, 4) is 0 Å². The molecule has 0 aromatic carbocycles. The summed E-state index contributed by atoms with van der Waals surface area (Å²) in [6.07, 6.45) is 3.35. The van der Waals surface area contributed by atoms with Crippen molar-refractivity contribution in [2.45, 2.75) is 32.4 Å². The lowest BCUT2D eigenvalue weighted by Gasteiger charge is -2.25. The minimum Gasteiger partial charge on any atom is -0.467 e. The summed E-state index contributed by atoms with van der Waals surface area (Å²) in [5.41, 5.74) is 0. The molecule has 2 N–H and O–H groups in total. The number of rotatable bonds is 6. The molecule has 3 rings (SSSR count). The van der Waals surface area contributed by atoms with E-state index in [0.29, 0.717) is 17.3 Å². The Labute approximate surface area is 148 Å². The number of thiazole rings is 1. The van der Waals surface area contributed by atoms with Crippen LogP contribution in [0, 0.1) is 5.92 Å². The summed E-state index contributed by atoms with van der Waals surface area (Å²) in [7, 11) is 0. The van der Waals surface area contributed by atoms with E-state index in [0.717, 1.165) is 4.90 Å². The monoisotopic (exact) mass is 362 g/mol. The summed E-state index contributed by atoms with van der Waals surface area (Å²) in [4.78, 5) is 42.8. The van der Waals surface area contributed by atoms with Crippen LogP contribution >= 0.6 is 11.3 Å². The maximum absolute atomic E-state index is 12.7. The number of amides is 4. The molecule has 1 aliphatic rings. The van der Waals surface area contributed by atoms with Gasteiger partial charge in [0.15, 0.2) is 11.2 Å². The molecule has 9 heteroatoms. The van der Waals surface area contributed by atoms with Crippen LogP contribution in [0.25, 0.3) is 0 Å². The largest absolute Gasteiger partial charge is 0.467 e. The second kappa shape index (κ2) is 7.06. The Morgan fingerprint density at radius 2 is 2.28 bits per heavy atom. The Balaban J connectivity index is 1.83. The van der Waals surface area contributed by atoms with Gasteiger partial charge in [-0.15, -0.1) is 11.3 Å². The fraction of sp³-hybridized carbons (Fsp3) is 0.375. The van der Waals surface area contributed by atoms with Crippen LogP contribution in [0.5, 0.6) is 0 Å². The van der Waals surface area contributed by atoms with E-state index in [1.54, 1.807) is 23.7 Å².